The number of hydrogen-bond donors (Lipinski definition) is 3. The van der Waals surface area contributed by atoms with Gasteiger partial charge in [0.1, 0.15) is 6.04 Å². The van der Waals surface area contributed by atoms with Gasteiger partial charge in [0.05, 0.1) is 12.6 Å². The van der Waals surface area contributed by atoms with Crippen molar-refractivity contribution < 1.29 is 19.4 Å². The van der Waals surface area contributed by atoms with Gasteiger partial charge in [-0.25, -0.2) is 9.59 Å². The normalized spacial score (nSPS) is 14.9. The lowest BCUT2D eigenvalue weighted by molar-refractivity contribution is -0.141. The zero-order valence-electron chi connectivity index (χ0n) is 12.6. The highest BCUT2D eigenvalue weighted by atomic mass is 16.5. The molecule has 0 aromatic rings. The van der Waals surface area contributed by atoms with E-state index in [0.717, 1.165) is 0 Å². The molecule has 0 aromatic carbocycles. The Morgan fingerprint density at radius 3 is 2.05 bits per heavy atom. The second-order valence-corrected chi connectivity index (χ2v) is 6.06. The van der Waals surface area contributed by atoms with Gasteiger partial charge in [-0.15, -0.1) is 0 Å². The average Bonchev–Trinajstić information content (AvgIpc) is 2.23. The summed E-state index contributed by atoms with van der Waals surface area (Å²) in [5.74, 6) is -0.848. The summed E-state index contributed by atoms with van der Waals surface area (Å²) in [5, 5.41) is 14.4. The number of methoxy groups -OCH3 is 1. The molecule has 112 valence electrons. The Bertz CT molecular complexity index is 310. The fourth-order valence-corrected chi connectivity index (χ4v) is 1.57. The van der Waals surface area contributed by atoms with Crippen LogP contribution in [0.2, 0.25) is 0 Å². The van der Waals surface area contributed by atoms with Crippen molar-refractivity contribution in [1.29, 1.82) is 0 Å². The number of aliphatic carboxylic acids is 1. The Kier molecular flexibility index (Phi) is 6.83. The molecule has 6 heteroatoms. The van der Waals surface area contributed by atoms with Gasteiger partial charge in [-0.05, 0) is 11.3 Å². The molecule has 3 N–H and O–H groups in total. The number of carbonyl (C=O) groups excluding carboxylic acids is 1. The van der Waals surface area contributed by atoms with E-state index >= 15 is 0 Å². The zero-order chi connectivity index (χ0) is 15.2. The zero-order valence-corrected chi connectivity index (χ0v) is 12.6. The SMILES string of the molecule is COCC(NC(=O)NC(C(=O)O)C(C)(C)C)C(C)C. The van der Waals surface area contributed by atoms with Crippen LogP contribution in [0.25, 0.3) is 0 Å². The first-order valence-corrected chi connectivity index (χ1v) is 6.38. The van der Waals surface area contributed by atoms with Crippen molar-refractivity contribution >= 4 is 12.0 Å². The van der Waals surface area contributed by atoms with Gasteiger partial charge in [0.2, 0.25) is 0 Å². The standard InChI is InChI=1S/C13H26N2O4/c1-8(2)9(7-19-6)14-12(18)15-10(11(16)17)13(3,4)5/h8-10H,7H2,1-6H3,(H,16,17)(H2,14,15,18). The largest absolute Gasteiger partial charge is 0.480 e. The molecule has 0 spiro atoms. The number of nitrogens with one attached hydrogen (secondary N) is 2. The predicted molar refractivity (Wildman–Crippen MR) is 73.0 cm³/mol. The summed E-state index contributed by atoms with van der Waals surface area (Å²) in [6, 6.07) is -1.58. The van der Waals surface area contributed by atoms with Gasteiger partial charge in [-0.1, -0.05) is 34.6 Å². The van der Waals surface area contributed by atoms with Crippen LogP contribution in [-0.4, -0.2) is 42.9 Å². The van der Waals surface area contributed by atoms with Crippen molar-refractivity contribution in [1.82, 2.24) is 10.6 Å². The molecule has 0 aliphatic heterocycles. The summed E-state index contributed by atoms with van der Waals surface area (Å²) in [4.78, 5) is 23.0. The average molecular weight is 274 g/mol. The third-order valence-electron chi connectivity index (χ3n) is 2.86. The van der Waals surface area contributed by atoms with Crippen molar-refractivity contribution in [2.75, 3.05) is 13.7 Å². The second-order valence-electron chi connectivity index (χ2n) is 6.06. The highest BCUT2D eigenvalue weighted by Crippen LogP contribution is 2.19. The van der Waals surface area contributed by atoms with E-state index in [1.54, 1.807) is 27.9 Å². The van der Waals surface area contributed by atoms with Crippen molar-refractivity contribution in [3.8, 4) is 0 Å². The fourth-order valence-electron chi connectivity index (χ4n) is 1.57. The maximum absolute atomic E-state index is 11.9. The molecule has 19 heavy (non-hydrogen) atoms. The van der Waals surface area contributed by atoms with Gasteiger partial charge in [0.25, 0.3) is 0 Å². The molecule has 6 nitrogen and oxygen atoms in total. The van der Waals surface area contributed by atoms with Gasteiger partial charge in [0.15, 0.2) is 0 Å². The molecule has 0 aliphatic carbocycles. The van der Waals surface area contributed by atoms with Crippen LogP contribution in [0.5, 0.6) is 0 Å². The first-order chi connectivity index (χ1) is 8.59. The second kappa shape index (κ2) is 7.33. The Labute approximate surface area is 114 Å². The summed E-state index contributed by atoms with van der Waals surface area (Å²) in [6.07, 6.45) is 0. The molecular weight excluding hydrogens is 248 g/mol. The minimum atomic E-state index is -1.05. The predicted octanol–water partition coefficient (Wildman–Crippen LogP) is 1.46. The van der Waals surface area contributed by atoms with Crippen LogP contribution >= 0.6 is 0 Å². The lowest BCUT2D eigenvalue weighted by atomic mass is 9.87. The number of amides is 2. The van der Waals surface area contributed by atoms with E-state index in [9.17, 15) is 9.59 Å². The number of carboxylic acids is 1. The Hall–Kier alpha value is -1.30. The lowest BCUT2D eigenvalue weighted by Gasteiger charge is -2.29. The minimum Gasteiger partial charge on any atom is -0.480 e. The maximum atomic E-state index is 11.9. The van der Waals surface area contributed by atoms with Gasteiger partial charge in [0, 0.05) is 7.11 Å². The smallest absolute Gasteiger partial charge is 0.326 e. The van der Waals surface area contributed by atoms with Crippen LogP contribution in [0, 0.1) is 11.3 Å². The number of rotatable bonds is 6. The van der Waals surface area contributed by atoms with Crippen LogP contribution in [0.4, 0.5) is 4.79 Å². The lowest BCUT2D eigenvalue weighted by Crippen LogP contribution is -2.55. The van der Waals surface area contributed by atoms with E-state index in [2.05, 4.69) is 10.6 Å². The van der Waals surface area contributed by atoms with Gasteiger partial charge < -0.3 is 20.5 Å². The number of ether oxygens (including phenoxy) is 1. The molecule has 0 rings (SSSR count). The van der Waals surface area contributed by atoms with Crippen LogP contribution in [0.3, 0.4) is 0 Å². The summed E-state index contributed by atoms with van der Waals surface area (Å²) in [5.41, 5.74) is -0.558. The molecule has 0 saturated heterocycles. The number of hydrogen-bond acceptors (Lipinski definition) is 3. The van der Waals surface area contributed by atoms with E-state index < -0.39 is 23.5 Å². The molecule has 2 amide bonds. The summed E-state index contributed by atoms with van der Waals surface area (Å²) < 4.78 is 5.03. The number of carboxylic acid groups (broad SMARTS) is 1. The first kappa shape index (κ1) is 17.7. The van der Waals surface area contributed by atoms with Crippen LogP contribution < -0.4 is 10.6 Å². The topological polar surface area (TPSA) is 87.7 Å². The van der Waals surface area contributed by atoms with Crippen molar-refractivity contribution in [3.05, 3.63) is 0 Å². The van der Waals surface area contributed by atoms with Crippen molar-refractivity contribution in [2.45, 2.75) is 46.7 Å². The molecule has 2 unspecified atom stereocenters. The quantitative estimate of drug-likeness (QED) is 0.684. The van der Waals surface area contributed by atoms with E-state index in [1.165, 1.54) is 0 Å². The summed E-state index contributed by atoms with van der Waals surface area (Å²) in [6.45, 7) is 9.60. The maximum Gasteiger partial charge on any atom is 0.326 e. The van der Waals surface area contributed by atoms with Crippen molar-refractivity contribution in [3.63, 3.8) is 0 Å². The van der Waals surface area contributed by atoms with E-state index in [0.29, 0.717) is 6.61 Å². The number of urea groups is 1. The Morgan fingerprint density at radius 2 is 1.74 bits per heavy atom. The molecule has 0 saturated carbocycles. The first-order valence-electron chi connectivity index (χ1n) is 6.38. The fraction of sp³-hybridized carbons (Fsp3) is 0.846. The molecule has 0 bridgehead atoms. The monoisotopic (exact) mass is 274 g/mol. The van der Waals surface area contributed by atoms with Gasteiger partial charge in [-0.3, -0.25) is 0 Å². The van der Waals surface area contributed by atoms with Crippen LogP contribution in [0.1, 0.15) is 34.6 Å². The molecule has 0 aliphatic rings. The molecular formula is C13H26N2O4. The number of carbonyl (C=O) groups is 2. The summed E-state index contributed by atoms with van der Waals surface area (Å²) >= 11 is 0. The van der Waals surface area contributed by atoms with Crippen LogP contribution in [0.15, 0.2) is 0 Å². The Morgan fingerprint density at radius 1 is 1.21 bits per heavy atom. The molecule has 0 radical (unpaired) electrons. The third kappa shape index (κ3) is 6.42. The summed E-state index contributed by atoms with van der Waals surface area (Å²) in [7, 11) is 1.56. The Balaban J connectivity index is 4.61. The van der Waals surface area contributed by atoms with Gasteiger partial charge >= 0.3 is 12.0 Å². The van der Waals surface area contributed by atoms with Gasteiger partial charge in [-0.2, -0.15) is 0 Å². The highest BCUT2D eigenvalue weighted by molar-refractivity contribution is 5.83. The van der Waals surface area contributed by atoms with E-state index in [-0.39, 0.29) is 12.0 Å². The molecule has 0 aromatic heterocycles. The minimum absolute atomic E-state index is 0.153. The van der Waals surface area contributed by atoms with E-state index in [1.807, 2.05) is 13.8 Å². The van der Waals surface area contributed by atoms with E-state index in [4.69, 9.17) is 9.84 Å². The van der Waals surface area contributed by atoms with Crippen LogP contribution in [-0.2, 0) is 9.53 Å². The highest BCUT2D eigenvalue weighted by Gasteiger charge is 2.33. The molecule has 2 atom stereocenters. The molecule has 0 fully saturated rings. The third-order valence-corrected chi connectivity index (χ3v) is 2.86. The van der Waals surface area contributed by atoms with Crippen molar-refractivity contribution in [2.24, 2.45) is 11.3 Å². The molecule has 0 heterocycles.